The maximum atomic E-state index is 12.0. The van der Waals surface area contributed by atoms with Crippen molar-refractivity contribution in [3.05, 3.63) is 0 Å². The number of hydrogen-bond acceptors (Lipinski definition) is 0. The van der Waals surface area contributed by atoms with E-state index in [0.29, 0.717) is 0 Å². The molecular formula is C11H22BrFSi. The Morgan fingerprint density at radius 2 is 1.93 bits per heavy atom. The monoisotopic (exact) mass is 280 g/mol. The highest BCUT2D eigenvalue weighted by molar-refractivity contribution is 9.09. The minimum absolute atomic E-state index is 0.0868. The smallest absolute Gasteiger partial charge is 0.0891 e. The molecule has 0 N–H and O–H groups in total. The molecule has 0 bridgehead atoms. The Hall–Kier alpha value is 0.627. The third-order valence-electron chi connectivity index (χ3n) is 3.46. The number of hydrogen-bond donors (Lipinski definition) is 0. The first-order chi connectivity index (χ1) is 6.86. The van der Waals surface area contributed by atoms with Crippen molar-refractivity contribution in [1.29, 1.82) is 0 Å². The molecule has 0 atom stereocenters. The Morgan fingerprint density at radius 3 is 2.50 bits per heavy atom. The van der Waals surface area contributed by atoms with Gasteiger partial charge >= 0.3 is 0 Å². The fraction of sp³-hybridized carbons (Fsp3) is 1.00. The normalized spacial score (nSPS) is 27.9. The van der Waals surface area contributed by atoms with Gasteiger partial charge in [0.1, 0.15) is 0 Å². The molecule has 0 radical (unpaired) electrons. The van der Waals surface area contributed by atoms with Gasteiger partial charge in [-0.1, -0.05) is 46.9 Å². The second kappa shape index (κ2) is 7.86. The molecule has 14 heavy (non-hydrogen) atoms. The van der Waals surface area contributed by atoms with Crippen molar-refractivity contribution in [1.82, 2.24) is 0 Å². The van der Waals surface area contributed by atoms with E-state index in [4.69, 9.17) is 0 Å². The van der Waals surface area contributed by atoms with Gasteiger partial charge in [0.05, 0.1) is 6.67 Å². The summed E-state index contributed by atoms with van der Waals surface area (Å²) in [6.07, 6.45) is 6.51. The molecule has 1 heterocycles. The van der Waals surface area contributed by atoms with E-state index in [0.717, 1.165) is 17.7 Å². The average molecular weight is 281 g/mol. The van der Waals surface area contributed by atoms with E-state index < -0.39 is 8.80 Å². The lowest BCUT2D eigenvalue weighted by atomic mass is 9.97. The SMILES string of the molecule is FCCC[SiH]1CCC(CCCBr)CC1. The van der Waals surface area contributed by atoms with Gasteiger partial charge in [-0.25, -0.2) is 0 Å². The van der Waals surface area contributed by atoms with Gasteiger partial charge in [0.15, 0.2) is 0 Å². The largest absolute Gasteiger partial charge is 0.251 e. The van der Waals surface area contributed by atoms with Crippen molar-refractivity contribution in [2.75, 3.05) is 12.0 Å². The number of alkyl halides is 2. The summed E-state index contributed by atoms with van der Waals surface area (Å²) >= 11 is 3.49. The van der Waals surface area contributed by atoms with Gasteiger partial charge in [-0.05, 0) is 25.2 Å². The van der Waals surface area contributed by atoms with E-state index in [1.165, 1.54) is 43.8 Å². The molecule has 84 valence electrons. The Bertz CT molecular complexity index is 119. The molecule has 0 nitrogen and oxygen atoms in total. The van der Waals surface area contributed by atoms with Gasteiger partial charge in [0.25, 0.3) is 0 Å². The van der Waals surface area contributed by atoms with Crippen LogP contribution in [0.3, 0.4) is 0 Å². The van der Waals surface area contributed by atoms with Gasteiger partial charge in [0.2, 0.25) is 0 Å². The van der Waals surface area contributed by atoms with Crippen LogP contribution in [0, 0.1) is 5.92 Å². The summed E-state index contributed by atoms with van der Waals surface area (Å²) in [7, 11) is -0.468. The summed E-state index contributed by atoms with van der Waals surface area (Å²) in [4.78, 5) is 0. The first-order valence-corrected chi connectivity index (χ1v) is 9.55. The molecule has 1 fully saturated rings. The molecule has 0 saturated carbocycles. The summed E-state index contributed by atoms with van der Waals surface area (Å²) in [5, 5.41) is 1.16. The zero-order valence-electron chi connectivity index (χ0n) is 8.98. The van der Waals surface area contributed by atoms with Crippen molar-refractivity contribution in [2.45, 2.75) is 50.2 Å². The number of rotatable bonds is 6. The predicted molar refractivity (Wildman–Crippen MR) is 67.9 cm³/mol. The first kappa shape index (κ1) is 12.7. The van der Waals surface area contributed by atoms with Crippen molar-refractivity contribution in [3.63, 3.8) is 0 Å². The van der Waals surface area contributed by atoms with E-state index in [-0.39, 0.29) is 6.67 Å². The fourth-order valence-electron chi connectivity index (χ4n) is 2.54. The molecule has 0 aromatic rings. The molecule has 1 saturated heterocycles. The average Bonchev–Trinajstić information content (AvgIpc) is 2.25. The van der Waals surface area contributed by atoms with Crippen LogP contribution in [0.15, 0.2) is 0 Å². The Kier molecular flexibility index (Phi) is 7.13. The summed E-state index contributed by atoms with van der Waals surface area (Å²) in [5.74, 6) is 1.00. The highest BCUT2D eigenvalue weighted by Crippen LogP contribution is 2.30. The van der Waals surface area contributed by atoms with Crippen molar-refractivity contribution in [2.24, 2.45) is 5.92 Å². The van der Waals surface area contributed by atoms with Crippen LogP contribution in [0.5, 0.6) is 0 Å². The van der Waals surface area contributed by atoms with E-state index in [1.54, 1.807) is 0 Å². The van der Waals surface area contributed by atoms with Crippen LogP contribution in [-0.4, -0.2) is 20.8 Å². The first-order valence-electron chi connectivity index (χ1n) is 5.98. The zero-order valence-corrected chi connectivity index (χ0v) is 11.7. The molecule has 3 heteroatoms. The second-order valence-electron chi connectivity index (χ2n) is 4.55. The van der Waals surface area contributed by atoms with E-state index >= 15 is 0 Å². The van der Waals surface area contributed by atoms with Gasteiger partial charge < -0.3 is 0 Å². The van der Waals surface area contributed by atoms with E-state index in [2.05, 4.69) is 15.9 Å². The van der Waals surface area contributed by atoms with Gasteiger partial charge in [-0.2, -0.15) is 0 Å². The van der Waals surface area contributed by atoms with Crippen LogP contribution < -0.4 is 0 Å². The van der Waals surface area contributed by atoms with Crippen molar-refractivity contribution < 1.29 is 4.39 Å². The van der Waals surface area contributed by atoms with Crippen molar-refractivity contribution >= 4 is 24.7 Å². The van der Waals surface area contributed by atoms with Crippen LogP contribution in [-0.2, 0) is 0 Å². The molecule has 0 unspecified atom stereocenters. The molecule has 0 spiro atoms. The lowest BCUT2D eigenvalue weighted by Crippen LogP contribution is -2.21. The summed E-state index contributed by atoms with van der Waals surface area (Å²) in [5.41, 5.74) is 0. The van der Waals surface area contributed by atoms with Crippen LogP contribution in [0.1, 0.15) is 32.1 Å². The summed E-state index contributed by atoms with van der Waals surface area (Å²) < 4.78 is 12.0. The standard InChI is InChI=1S/C11H22BrFSi/c12-6-1-3-11-4-9-14(10-5-11)8-2-7-13/h11,14H,1-10H2. The van der Waals surface area contributed by atoms with Gasteiger partial charge in [-0.15, -0.1) is 0 Å². The molecule has 0 aromatic carbocycles. The maximum Gasteiger partial charge on any atom is 0.0891 e. The summed E-state index contributed by atoms with van der Waals surface area (Å²) in [6, 6.07) is 4.25. The topological polar surface area (TPSA) is 0 Å². The Morgan fingerprint density at radius 1 is 1.21 bits per heavy atom. The van der Waals surface area contributed by atoms with E-state index in [1.807, 2.05) is 0 Å². The zero-order chi connectivity index (χ0) is 10.2. The molecular weight excluding hydrogens is 259 g/mol. The molecule has 1 rings (SSSR count). The van der Waals surface area contributed by atoms with Crippen LogP contribution in [0.2, 0.25) is 18.1 Å². The molecule has 1 aliphatic rings. The summed E-state index contributed by atoms with van der Waals surface area (Å²) in [6.45, 7) is -0.0868. The minimum atomic E-state index is -0.468. The maximum absolute atomic E-state index is 12.0. The third kappa shape index (κ3) is 4.92. The Labute approximate surface area is 97.4 Å². The second-order valence-corrected chi connectivity index (χ2v) is 8.81. The lowest BCUT2D eigenvalue weighted by molar-refractivity contribution is 0.432. The molecule has 1 aliphatic heterocycles. The van der Waals surface area contributed by atoms with Gasteiger partial charge in [-0.3, -0.25) is 4.39 Å². The van der Waals surface area contributed by atoms with Gasteiger partial charge in [0, 0.05) is 14.1 Å². The molecule has 0 aliphatic carbocycles. The van der Waals surface area contributed by atoms with Crippen LogP contribution >= 0.6 is 15.9 Å². The quantitative estimate of drug-likeness (QED) is 0.506. The Balaban J connectivity index is 2.05. The predicted octanol–water partition coefficient (Wildman–Crippen LogP) is 4.16. The minimum Gasteiger partial charge on any atom is -0.251 e. The fourth-order valence-corrected chi connectivity index (χ4v) is 6.35. The third-order valence-corrected chi connectivity index (χ3v) is 7.54. The molecule has 0 aromatic heterocycles. The van der Waals surface area contributed by atoms with Crippen LogP contribution in [0.4, 0.5) is 4.39 Å². The van der Waals surface area contributed by atoms with Crippen molar-refractivity contribution in [3.8, 4) is 0 Å². The van der Waals surface area contributed by atoms with E-state index in [9.17, 15) is 4.39 Å². The molecule has 0 amide bonds. The highest BCUT2D eigenvalue weighted by atomic mass is 79.9. The lowest BCUT2D eigenvalue weighted by Gasteiger charge is -2.27. The van der Waals surface area contributed by atoms with Crippen LogP contribution in [0.25, 0.3) is 0 Å². The highest BCUT2D eigenvalue weighted by Gasteiger charge is 2.21. The number of halogens is 2.